The Balaban J connectivity index is 1.96. The molecule has 0 saturated carbocycles. The topological polar surface area (TPSA) is 218 Å². The SMILES string of the molecule is N=C(N)Nc1ccc(C(=O)Oc2ccc(COC(=O)N(CC(=O)O)C(CN)CC(=O)O)cc2)cc1. The van der Waals surface area contributed by atoms with E-state index < -0.39 is 43.0 Å². The molecule has 0 radical (unpaired) electrons. The molecule has 0 aliphatic rings. The Labute approximate surface area is 199 Å². The maximum absolute atomic E-state index is 12.4. The van der Waals surface area contributed by atoms with E-state index in [1.807, 2.05) is 0 Å². The molecule has 2 aromatic rings. The molecule has 0 spiro atoms. The minimum Gasteiger partial charge on any atom is -0.481 e. The van der Waals surface area contributed by atoms with Crippen LogP contribution in [0.2, 0.25) is 0 Å². The number of anilines is 1. The quantitative estimate of drug-likeness (QED) is 0.114. The van der Waals surface area contributed by atoms with Crippen LogP contribution in [0.5, 0.6) is 5.75 Å². The average molecular weight is 487 g/mol. The van der Waals surface area contributed by atoms with Crippen LogP contribution in [0.15, 0.2) is 48.5 Å². The van der Waals surface area contributed by atoms with Gasteiger partial charge in [0.1, 0.15) is 18.9 Å². The number of nitrogens with zero attached hydrogens (tertiary/aromatic N) is 1. The lowest BCUT2D eigenvalue weighted by molar-refractivity contribution is -0.141. The summed E-state index contributed by atoms with van der Waals surface area (Å²) in [7, 11) is 0. The zero-order valence-electron chi connectivity index (χ0n) is 18.5. The highest BCUT2D eigenvalue weighted by atomic mass is 16.6. The van der Waals surface area contributed by atoms with Gasteiger partial charge in [0, 0.05) is 12.2 Å². The number of nitrogens with one attached hydrogen (secondary N) is 2. The number of guanidine groups is 1. The highest BCUT2D eigenvalue weighted by molar-refractivity contribution is 5.93. The molecule has 0 aliphatic carbocycles. The molecule has 0 fully saturated rings. The Kier molecular flexibility index (Phi) is 9.54. The molecule has 1 amide bonds. The van der Waals surface area contributed by atoms with Gasteiger partial charge >= 0.3 is 24.0 Å². The number of carboxylic acid groups (broad SMARTS) is 2. The summed E-state index contributed by atoms with van der Waals surface area (Å²) in [5, 5.41) is 27.8. The number of carboxylic acids is 2. The number of rotatable bonds is 11. The van der Waals surface area contributed by atoms with Gasteiger partial charge in [-0.15, -0.1) is 0 Å². The number of carbonyl (C=O) groups is 4. The van der Waals surface area contributed by atoms with E-state index in [1.165, 1.54) is 36.4 Å². The Morgan fingerprint density at radius 2 is 1.63 bits per heavy atom. The molecule has 13 nitrogen and oxygen atoms in total. The minimum absolute atomic E-state index is 0.230. The fourth-order valence-electron chi connectivity index (χ4n) is 2.90. The predicted molar refractivity (Wildman–Crippen MR) is 123 cm³/mol. The third kappa shape index (κ3) is 8.66. The van der Waals surface area contributed by atoms with E-state index in [2.05, 4.69) is 5.32 Å². The van der Waals surface area contributed by atoms with Crippen LogP contribution in [0.1, 0.15) is 22.3 Å². The van der Waals surface area contributed by atoms with Crippen molar-refractivity contribution >= 4 is 35.6 Å². The lowest BCUT2D eigenvalue weighted by Gasteiger charge is -2.27. The van der Waals surface area contributed by atoms with Crippen molar-refractivity contribution in [2.75, 3.05) is 18.4 Å². The highest BCUT2D eigenvalue weighted by Gasteiger charge is 2.28. The molecule has 2 rings (SSSR count). The summed E-state index contributed by atoms with van der Waals surface area (Å²) in [6.07, 6.45) is -1.56. The van der Waals surface area contributed by atoms with Crippen molar-refractivity contribution in [2.45, 2.75) is 19.1 Å². The van der Waals surface area contributed by atoms with Gasteiger partial charge in [0.15, 0.2) is 5.96 Å². The lowest BCUT2D eigenvalue weighted by atomic mass is 10.2. The second-order valence-corrected chi connectivity index (χ2v) is 7.21. The monoisotopic (exact) mass is 487 g/mol. The van der Waals surface area contributed by atoms with Gasteiger partial charge in [0.2, 0.25) is 0 Å². The fraction of sp³-hybridized carbons (Fsp3) is 0.227. The lowest BCUT2D eigenvalue weighted by Crippen LogP contribution is -2.48. The third-order valence-electron chi connectivity index (χ3n) is 4.56. The van der Waals surface area contributed by atoms with Crippen molar-refractivity contribution in [3.8, 4) is 5.75 Å². The summed E-state index contributed by atoms with van der Waals surface area (Å²) in [5.74, 6) is -3.21. The Morgan fingerprint density at radius 1 is 1.00 bits per heavy atom. The second-order valence-electron chi connectivity index (χ2n) is 7.21. The van der Waals surface area contributed by atoms with Gasteiger partial charge in [-0.05, 0) is 42.0 Å². The number of hydrogen-bond acceptors (Lipinski definition) is 8. The van der Waals surface area contributed by atoms with Gasteiger partial charge in [-0.2, -0.15) is 0 Å². The van der Waals surface area contributed by atoms with E-state index in [4.69, 9.17) is 36.6 Å². The number of ether oxygens (including phenoxy) is 2. The Bertz CT molecular complexity index is 1070. The maximum atomic E-state index is 12.4. The van der Waals surface area contributed by atoms with Gasteiger partial charge in [0.05, 0.1) is 18.0 Å². The fourth-order valence-corrected chi connectivity index (χ4v) is 2.90. The summed E-state index contributed by atoms with van der Waals surface area (Å²) >= 11 is 0. The molecule has 0 heterocycles. The minimum atomic E-state index is -1.35. The predicted octanol–water partition coefficient (Wildman–Crippen LogP) is 1.04. The first-order valence-corrected chi connectivity index (χ1v) is 10.2. The highest BCUT2D eigenvalue weighted by Crippen LogP contribution is 2.17. The van der Waals surface area contributed by atoms with Crippen molar-refractivity contribution in [2.24, 2.45) is 11.5 Å². The second kappa shape index (κ2) is 12.6. The summed E-state index contributed by atoms with van der Waals surface area (Å²) in [4.78, 5) is 47.5. The zero-order chi connectivity index (χ0) is 26.0. The number of esters is 1. The Morgan fingerprint density at radius 3 is 2.14 bits per heavy atom. The summed E-state index contributed by atoms with van der Waals surface area (Å²) < 4.78 is 10.4. The number of hydrogen-bond donors (Lipinski definition) is 6. The number of aliphatic carboxylic acids is 2. The zero-order valence-corrected chi connectivity index (χ0v) is 18.5. The molecule has 13 heteroatoms. The van der Waals surface area contributed by atoms with Crippen molar-refractivity contribution in [3.05, 3.63) is 59.7 Å². The van der Waals surface area contributed by atoms with E-state index in [0.717, 1.165) is 4.90 Å². The molecule has 1 unspecified atom stereocenters. The number of carbonyl (C=O) groups excluding carboxylic acids is 2. The van der Waals surface area contributed by atoms with Crippen LogP contribution >= 0.6 is 0 Å². The van der Waals surface area contributed by atoms with Crippen LogP contribution < -0.4 is 21.5 Å². The first kappa shape index (κ1) is 26.6. The van der Waals surface area contributed by atoms with Crippen molar-refractivity contribution in [1.29, 1.82) is 5.41 Å². The largest absolute Gasteiger partial charge is 0.481 e. The van der Waals surface area contributed by atoms with Gasteiger partial charge in [0.25, 0.3) is 0 Å². The molecule has 8 N–H and O–H groups in total. The number of nitrogens with two attached hydrogens (primary N) is 2. The smallest absolute Gasteiger partial charge is 0.410 e. The maximum Gasteiger partial charge on any atom is 0.410 e. The van der Waals surface area contributed by atoms with Crippen LogP contribution in [0.4, 0.5) is 10.5 Å². The molecule has 2 aromatic carbocycles. The third-order valence-corrected chi connectivity index (χ3v) is 4.56. The van der Waals surface area contributed by atoms with E-state index in [0.29, 0.717) is 11.3 Å². The molecular formula is C22H25N5O8. The van der Waals surface area contributed by atoms with Gasteiger partial charge < -0.3 is 36.5 Å². The van der Waals surface area contributed by atoms with Crippen LogP contribution in [0.3, 0.4) is 0 Å². The first-order chi connectivity index (χ1) is 16.6. The molecular weight excluding hydrogens is 462 g/mol. The summed E-state index contributed by atoms with van der Waals surface area (Å²) in [6.45, 7) is -1.27. The first-order valence-electron chi connectivity index (χ1n) is 10.2. The molecule has 1 atom stereocenters. The van der Waals surface area contributed by atoms with E-state index in [-0.39, 0.29) is 30.4 Å². The van der Waals surface area contributed by atoms with Crippen LogP contribution in [-0.4, -0.2) is 64.2 Å². The molecule has 0 saturated heterocycles. The summed E-state index contributed by atoms with van der Waals surface area (Å²) in [6, 6.07) is 11.1. The molecule has 0 aliphatic heterocycles. The van der Waals surface area contributed by atoms with Crippen LogP contribution in [0, 0.1) is 5.41 Å². The molecule has 0 aromatic heterocycles. The van der Waals surface area contributed by atoms with E-state index >= 15 is 0 Å². The molecule has 186 valence electrons. The number of amides is 1. The van der Waals surface area contributed by atoms with Crippen molar-refractivity contribution in [3.63, 3.8) is 0 Å². The van der Waals surface area contributed by atoms with Crippen molar-refractivity contribution < 1.29 is 38.9 Å². The molecule has 0 bridgehead atoms. The van der Waals surface area contributed by atoms with Crippen LogP contribution in [-0.2, 0) is 20.9 Å². The summed E-state index contributed by atoms with van der Waals surface area (Å²) in [5.41, 5.74) is 12.1. The van der Waals surface area contributed by atoms with Gasteiger partial charge in [-0.1, -0.05) is 12.1 Å². The molecule has 35 heavy (non-hydrogen) atoms. The van der Waals surface area contributed by atoms with Crippen LogP contribution in [0.25, 0.3) is 0 Å². The van der Waals surface area contributed by atoms with E-state index in [1.54, 1.807) is 12.1 Å². The standard InChI is InChI=1S/C22H25N5O8/c23-10-16(9-18(28)29)27(11-19(30)31)22(33)34-12-13-1-7-17(8-2-13)35-20(32)14-3-5-15(6-4-14)26-21(24)25/h1-8,16H,9-12,23H2,(H,28,29)(H,30,31)(H4,24,25,26). The van der Waals surface area contributed by atoms with Crippen molar-refractivity contribution in [1.82, 2.24) is 4.90 Å². The number of benzene rings is 2. The van der Waals surface area contributed by atoms with Gasteiger partial charge in [-0.3, -0.25) is 19.9 Å². The Hall–Kier alpha value is -4.65. The van der Waals surface area contributed by atoms with E-state index in [9.17, 15) is 19.2 Å². The normalized spacial score (nSPS) is 11.1. The average Bonchev–Trinajstić information content (AvgIpc) is 2.80. The van der Waals surface area contributed by atoms with Gasteiger partial charge in [-0.25, -0.2) is 9.59 Å².